The molecule has 0 aromatic carbocycles. The Bertz CT molecular complexity index is 136. The van der Waals surface area contributed by atoms with Gasteiger partial charge in [-0.05, 0) is 32.4 Å². The van der Waals surface area contributed by atoms with E-state index in [1.54, 1.807) is 0 Å². The maximum Gasteiger partial charge on any atom is 0.0166 e. The maximum atomic E-state index is 3.46. The number of hydrogen-bond donors (Lipinski definition) is 1. The standard InChI is InChI=1S/C11H24N2/c1-4-11-6-7-13(9-11)8-10(3)12-5-2/h10-12H,4-9H2,1-3H3. The van der Waals surface area contributed by atoms with Crippen LogP contribution >= 0.6 is 0 Å². The molecule has 1 N–H and O–H groups in total. The number of rotatable bonds is 5. The number of likely N-dealkylation sites (N-methyl/N-ethyl adjacent to an activating group) is 1. The summed E-state index contributed by atoms with van der Waals surface area (Å²) in [5.41, 5.74) is 0. The number of likely N-dealkylation sites (tertiary alicyclic amines) is 1. The monoisotopic (exact) mass is 184 g/mol. The molecule has 13 heavy (non-hydrogen) atoms. The first-order valence-electron chi connectivity index (χ1n) is 5.72. The molecule has 1 saturated heterocycles. The largest absolute Gasteiger partial charge is 0.313 e. The molecule has 1 heterocycles. The summed E-state index contributed by atoms with van der Waals surface area (Å²) in [6, 6.07) is 0.653. The molecule has 1 fully saturated rings. The van der Waals surface area contributed by atoms with Crippen molar-refractivity contribution in [1.29, 1.82) is 0 Å². The highest BCUT2D eigenvalue weighted by molar-refractivity contribution is 4.77. The van der Waals surface area contributed by atoms with Crippen LogP contribution in [0.3, 0.4) is 0 Å². The van der Waals surface area contributed by atoms with Crippen molar-refractivity contribution < 1.29 is 0 Å². The quantitative estimate of drug-likeness (QED) is 0.700. The van der Waals surface area contributed by atoms with E-state index in [9.17, 15) is 0 Å². The molecule has 2 nitrogen and oxygen atoms in total. The first kappa shape index (κ1) is 11.0. The minimum Gasteiger partial charge on any atom is -0.313 e. The molecule has 0 saturated carbocycles. The van der Waals surface area contributed by atoms with Gasteiger partial charge in [0.25, 0.3) is 0 Å². The van der Waals surface area contributed by atoms with Crippen molar-refractivity contribution in [3.05, 3.63) is 0 Å². The van der Waals surface area contributed by atoms with Crippen molar-refractivity contribution >= 4 is 0 Å². The maximum absolute atomic E-state index is 3.46. The molecule has 2 heteroatoms. The fourth-order valence-corrected chi connectivity index (χ4v) is 2.21. The molecule has 2 unspecified atom stereocenters. The summed E-state index contributed by atoms with van der Waals surface area (Å²) >= 11 is 0. The third-order valence-electron chi connectivity index (χ3n) is 3.03. The zero-order valence-corrected chi connectivity index (χ0v) is 9.34. The van der Waals surface area contributed by atoms with Crippen LogP contribution < -0.4 is 5.32 Å². The molecule has 1 aliphatic rings. The Kier molecular flexibility index (Phi) is 4.74. The molecular weight excluding hydrogens is 160 g/mol. The Balaban J connectivity index is 2.16. The van der Waals surface area contributed by atoms with Gasteiger partial charge in [0.2, 0.25) is 0 Å². The molecule has 0 radical (unpaired) electrons. The summed E-state index contributed by atoms with van der Waals surface area (Å²) in [4.78, 5) is 2.60. The van der Waals surface area contributed by atoms with Crippen molar-refractivity contribution in [3.8, 4) is 0 Å². The number of nitrogens with one attached hydrogen (secondary N) is 1. The lowest BCUT2D eigenvalue weighted by Gasteiger charge is -2.21. The SMILES string of the molecule is CCNC(C)CN1CCC(CC)C1. The predicted octanol–water partition coefficient (Wildman–Crippen LogP) is 1.72. The van der Waals surface area contributed by atoms with Gasteiger partial charge in [-0.3, -0.25) is 0 Å². The van der Waals surface area contributed by atoms with Gasteiger partial charge in [-0.25, -0.2) is 0 Å². The summed E-state index contributed by atoms with van der Waals surface area (Å²) in [5.74, 6) is 0.967. The minimum atomic E-state index is 0.653. The summed E-state index contributed by atoms with van der Waals surface area (Å²) in [6.45, 7) is 11.7. The Morgan fingerprint density at radius 3 is 2.77 bits per heavy atom. The lowest BCUT2D eigenvalue weighted by molar-refractivity contribution is 0.289. The highest BCUT2D eigenvalue weighted by Crippen LogP contribution is 2.18. The second-order valence-corrected chi connectivity index (χ2v) is 4.28. The van der Waals surface area contributed by atoms with E-state index < -0.39 is 0 Å². The van der Waals surface area contributed by atoms with Gasteiger partial charge in [-0.2, -0.15) is 0 Å². The fraction of sp³-hybridized carbons (Fsp3) is 1.00. The first-order valence-corrected chi connectivity index (χ1v) is 5.72. The Morgan fingerprint density at radius 2 is 2.23 bits per heavy atom. The summed E-state index contributed by atoms with van der Waals surface area (Å²) in [5, 5.41) is 3.46. The first-order chi connectivity index (χ1) is 6.26. The molecule has 1 aliphatic heterocycles. The van der Waals surface area contributed by atoms with Crippen molar-refractivity contribution in [2.45, 2.75) is 39.7 Å². The van der Waals surface area contributed by atoms with Crippen LogP contribution in [-0.4, -0.2) is 37.1 Å². The summed E-state index contributed by atoms with van der Waals surface area (Å²) in [6.07, 6.45) is 2.77. The number of hydrogen-bond acceptors (Lipinski definition) is 2. The van der Waals surface area contributed by atoms with E-state index in [1.807, 2.05) is 0 Å². The Hall–Kier alpha value is -0.0800. The average Bonchev–Trinajstić information content (AvgIpc) is 2.52. The van der Waals surface area contributed by atoms with Gasteiger partial charge in [0.15, 0.2) is 0 Å². The van der Waals surface area contributed by atoms with Crippen LogP contribution in [0.4, 0.5) is 0 Å². The van der Waals surface area contributed by atoms with Crippen molar-refractivity contribution in [2.24, 2.45) is 5.92 Å². The van der Waals surface area contributed by atoms with Gasteiger partial charge in [-0.15, -0.1) is 0 Å². The van der Waals surface area contributed by atoms with E-state index in [1.165, 1.54) is 32.5 Å². The van der Waals surface area contributed by atoms with Crippen LogP contribution in [0.2, 0.25) is 0 Å². The van der Waals surface area contributed by atoms with E-state index in [-0.39, 0.29) is 0 Å². The molecule has 0 bridgehead atoms. The van der Waals surface area contributed by atoms with E-state index in [0.717, 1.165) is 12.5 Å². The van der Waals surface area contributed by atoms with Crippen LogP contribution in [0, 0.1) is 5.92 Å². The lowest BCUT2D eigenvalue weighted by Crippen LogP contribution is -2.38. The van der Waals surface area contributed by atoms with Crippen molar-refractivity contribution in [3.63, 3.8) is 0 Å². The molecule has 2 atom stereocenters. The predicted molar refractivity (Wildman–Crippen MR) is 58.0 cm³/mol. The van der Waals surface area contributed by atoms with Crippen LogP contribution in [0.5, 0.6) is 0 Å². The molecule has 1 rings (SSSR count). The van der Waals surface area contributed by atoms with E-state index >= 15 is 0 Å². The third kappa shape index (κ3) is 3.65. The molecule has 78 valence electrons. The van der Waals surface area contributed by atoms with Gasteiger partial charge < -0.3 is 10.2 Å². The topological polar surface area (TPSA) is 15.3 Å². The second kappa shape index (κ2) is 5.61. The zero-order valence-electron chi connectivity index (χ0n) is 9.34. The molecule has 0 aromatic heterocycles. The van der Waals surface area contributed by atoms with Crippen LogP contribution in [-0.2, 0) is 0 Å². The fourth-order valence-electron chi connectivity index (χ4n) is 2.21. The highest BCUT2D eigenvalue weighted by Gasteiger charge is 2.21. The molecule has 0 aliphatic carbocycles. The van der Waals surface area contributed by atoms with Gasteiger partial charge in [0.05, 0.1) is 0 Å². The smallest absolute Gasteiger partial charge is 0.0166 e. The van der Waals surface area contributed by atoms with E-state index in [0.29, 0.717) is 6.04 Å². The molecule has 0 amide bonds. The minimum absolute atomic E-state index is 0.653. The zero-order chi connectivity index (χ0) is 9.68. The van der Waals surface area contributed by atoms with E-state index in [4.69, 9.17) is 0 Å². The van der Waals surface area contributed by atoms with Crippen molar-refractivity contribution in [2.75, 3.05) is 26.2 Å². The number of nitrogens with zero attached hydrogens (tertiary/aromatic N) is 1. The highest BCUT2D eigenvalue weighted by atomic mass is 15.2. The summed E-state index contributed by atoms with van der Waals surface area (Å²) in [7, 11) is 0. The average molecular weight is 184 g/mol. The third-order valence-corrected chi connectivity index (χ3v) is 3.03. The van der Waals surface area contributed by atoms with Crippen LogP contribution in [0.1, 0.15) is 33.6 Å². The van der Waals surface area contributed by atoms with Crippen LogP contribution in [0.15, 0.2) is 0 Å². The van der Waals surface area contributed by atoms with Gasteiger partial charge >= 0.3 is 0 Å². The van der Waals surface area contributed by atoms with Crippen LogP contribution in [0.25, 0.3) is 0 Å². The summed E-state index contributed by atoms with van der Waals surface area (Å²) < 4.78 is 0. The van der Waals surface area contributed by atoms with Gasteiger partial charge in [-0.1, -0.05) is 20.3 Å². The molecule has 0 spiro atoms. The second-order valence-electron chi connectivity index (χ2n) is 4.28. The molecule has 0 aromatic rings. The molecular formula is C11H24N2. The normalized spacial score (nSPS) is 26.5. The van der Waals surface area contributed by atoms with Gasteiger partial charge in [0, 0.05) is 19.1 Å². The Labute approximate surface area is 82.7 Å². The Morgan fingerprint density at radius 1 is 1.46 bits per heavy atom. The lowest BCUT2D eigenvalue weighted by atomic mass is 10.1. The van der Waals surface area contributed by atoms with Gasteiger partial charge in [0.1, 0.15) is 0 Å². The van der Waals surface area contributed by atoms with Crippen molar-refractivity contribution in [1.82, 2.24) is 10.2 Å². The van der Waals surface area contributed by atoms with E-state index in [2.05, 4.69) is 31.0 Å².